The van der Waals surface area contributed by atoms with Gasteiger partial charge in [-0.1, -0.05) is 318 Å². The summed E-state index contributed by atoms with van der Waals surface area (Å²) in [5.41, 5.74) is 0. The van der Waals surface area contributed by atoms with E-state index in [1.54, 1.807) is 6.08 Å². The van der Waals surface area contributed by atoms with E-state index < -0.39 is 86.8 Å². The molecule has 12 unspecified atom stereocenters. The average molecular weight is 1440 g/mol. The summed E-state index contributed by atoms with van der Waals surface area (Å²) in [6.45, 7) is 2.65. The Labute approximate surface area is 625 Å². The standard InChI is InChI=1S/C89H145NO13/c1-3-5-7-9-11-13-15-17-19-21-23-25-27-29-31-33-34-35-36-37-38-39-40-41-42-43-44-45-47-49-51-53-55-57-59-61-63-65-67-69-71-73-81(94)90-77(76-100-88-86(99)84(97)87(80(75-92)102-88)103-89-85(98)83(96)82(95)79(74-91)101-89)78(93)72-70-68-66-64-62-60-58-56-54-52-50-48-46-32-30-28-26-24-22-20-18-16-14-12-10-8-6-4-2/h5,7,11,13,17,19,23,25,29,31,34-35,37-38,40-41,43-44,47,49,53-56,59,61-62,64,70,72,77-80,82-89,91-93,95-99H,3-4,6,8-10,12,14-16,18,20-22,24,26-28,30,32-33,36,39,42,45-46,48,50-52,57-58,60,63,65-69,71,73-76H2,1-2H3,(H,90,94)/b7-5-,13-11-,19-17-,25-23-,31-29-,35-34-,38-37-,41-40-,44-43-,49-47-,55-53-,56-54+,61-59-,64-62+,72-70+. The molecule has 584 valence electrons. The second-order valence-corrected chi connectivity index (χ2v) is 27.4. The average Bonchev–Trinajstić information content (AvgIpc) is 0.791. The van der Waals surface area contributed by atoms with Crippen molar-refractivity contribution in [3.05, 3.63) is 182 Å². The van der Waals surface area contributed by atoms with Crippen LogP contribution < -0.4 is 5.32 Å². The van der Waals surface area contributed by atoms with Gasteiger partial charge in [0.25, 0.3) is 0 Å². The normalized spacial score (nSPS) is 22.6. The lowest BCUT2D eigenvalue weighted by Gasteiger charge is -2.46. The van der Waals surface area contributed by atoms with Gasteiger partial charge in [-0.25, -0.2) is 0 Å². The van der Waals surface area contributed by atoms with Gasteiger partial charge in [0.05, 0.1) is 32.0 Å². The first-order valence-corrected chi connectivity index (χ1v) is 40.5. The fourth-order valence-electron chi connectivity index (χ4n) is 12.0. The van der Waals surface area contributed by atoms with Crippen LogP contribution >= 0.6 is 0 Å². The summed E-state index contributed by atoms with van der Waals surface area (Å²) in [5, 5.41) is 87.6. The summed E-state index contributed by atoms with van der Waals surface area (Å²) in [4.78, 5) is 13.4. The molecule has 14 heteroatoms. The van der Waals surface area contributed by atoms with E-state index >= 15 is 0 Å². The maximum atomic E-state index is 13.4. The molecule has 2 heterocycles. The molecule has 0 saturated carbocycles. The van der Waals surface area contributed by atoms with Crippen molar-refractivity contribution >= 4 is 5.91 Å². The van der Waals surface area contributed by atoms with Gasteiger partial charge in [0.2, 0.25) is 5.91 Å². The second kappa shape index (κ2) is 70.1. The molecule has 0 bridgehead atoms. The molecule has 0 radical (unpaired) electrons. The molecule has 9 N–H and O–H groups in total. The van der Waals surface area contributed by atoms with Crippen molar-refractivity contribution in [2.75, 3.05) is 19.8 Å². The number of rotatable bonds is 65. The van der Waals surface area contributed by atoms with E-state index in [4.69, 9.17) is 18.9 Å². The van der Waals surface area contributed by atoms with Gasteiger partial charge >= 0.3 is 0 Å². The Morgan fingerprint density at radius 2 is 0.680 bits per heavy atom. The van der Waals surface area contributed by atoms with Crippen LogP contribution in [0.25, 0.3) is 0 Å². The first kappa shape index (κ1) is 94.2. The number of nitrogens with one attached hydrogen (secondary N) is 1. The van der Waals surface area contributed by atoms with E-state index in [1.807, 2.05) is 6.08 Å². The number of amides is 1. The van der Waals surface area contributed by atoms with Crippen LogP contribution in [-0.2, 0) is 23.7 Å². The quantitative estimate of drug-likeness (QED) is 0.0204. The van der Waals surface area contributed by atoms with E-state index in [2.05, 4.69) is 189 Å². The van der Waals surface area contributed by atoms with Crippen molar-refractivity contribution in [1.82, 2.24) is 5.32 Å². The number of allylic oxidation sites excluding steroid dienone is 29. The minimum atomic E-state index is -1.81. The molecular weight excluding hydrogens is 1290 g/mol. The van der Waals surface area contributed by atoms with E-state index in [1.165, 1.54) is 116 Å². The molecule has 0 aromatic heterocycles. The Hall–Kier alpha value is -4.91. The maximum Gasteiger partial charge on any atom is 0.220 e. The first-order valence-electron chi connectivity index (χ1n) is 40.5. The van der Waals surface area contributed by atoms with Gasteiger partial charge in [0.1, 0.15) is 48.8 Å². The van der Waals surface area contributed by atoms with Crippen LogP contribution in [0.5, 0.6) is 0 Å². The number of aliphatic hydroxyl groups is 8. The molecule has 2 aliphatic rings. The van der Waals surface area contributed by atoms with Gasteiger partial charge in [0, 0.05) is 6.42 Å². The molecule has 0 aliphatic carbocycles. The van der Waals surface area contributed by atoms with Crippen LogP contribution in [0.4, 0.5) is 0 Å². The van der Waals surface area contributed by atoms with E-state index in [9.17, 15) is 45.6 Å². The van der Waals surface area contributed by atoms with Crippen LogP contribution in [0.15, 0.2) is 182 Å². The van der Waals surface area contributed by atoms with E-state index in [-0.39, 0.29) is 18.9 Å². The smallest absolute Gasteiger partial charge is 0.220 e. The summed E-state index contributed by atoms with van der Waals surface area (Å²) in [6, 6.07) is -0.968. The fourth-order valence-corrected chi connectivity index (χ4v) is 12.0. The highest BCUT2D eigenvalue weighted by molar-refractivity contribution is 5.76. The zero-order chi connectivity index (χ0) is 74.4. The van der Waals surface area contributed by atoms with Gasteiger partial charge in [-0.3, -0.25) is 4.79 Å². The zero-order valence-electron chi connectivity index (χ0n) is 64.0. The number of hydrogen-bond donors (Lipinski definition) is 9. The lowest BCUT2D eigenvalue weighted by Crippen LogP contribution is -2.65. The van der Waals surface area contributed by atoms with Gasteiger partial charge in [-0.2, -0.15) is 0 Å². The number of carbonyl (C=O) groups excluding carboxylic acids is 1. The van der Waals surface area contributed by atoms with Crippen molar-refractivity contribution < 1.29 is 64.6 Å². The first-order chi connectivity index (χ1) is 50.6. The molecule has 14 nitrogen and oxygen atoms in total. The minimum absolute atomic E-state index is 0.228. The maximum absolute atomic E-state index is 13.4. The molecule has 2 rings (SSSR count). The fraction of sp³-hybridized carbons (Fsp3) is 0.652. The van der Waals surface area contributed by atoms with E-state index in [0.717, 1.165) is 128 Å². The second-order valence-electron chi connectivity index (χ2n) is 27.4. The van der Waals surface area contributed by atoms with Crippen molar-refractivity contribution in [1.29, 1.82) is 0 Å². The third-order valence-electron chi connectivity index (χ3n) is 18.3. The van der Waals surface area contributed by atoms with Crippen LogP contribution in [-0.4, -0.2) is 140 Å². The molecule has 2 aliphatic heterocycles. The highest BCUT2D eigenvalue weighted by Gasteiger charge is 2.51. The monoisotopic (exact) mass is 1440 g/mol. The minimum Gasteiger partial charge on any atom is -0.394 e. The van der Waals surface area contributed by atoms with Gasteiger partial charge in [-0.05, 0) is 135 Å². The van der Waals surface area contributed by atoms with Gasteiger partial charge in [0.15, 0.2) is 12.6 Å². The van der Waals surface area contributed by atoms with Crippen LogP contribution in [0.2, 0.25) is 0 Å². The summed E-state index contributed by atoms with van der Waals surface area (Å²) in [5.74, 6) is -0.283. The summed E-state index contributed by atoms with van der Waals surface area (Å²) in [7, 11) is 0. The number of ether oxygens (including phenoxy) is 4. The Balaban J connectivity index is 1.67. The van der Waals surface area contributed by atoms with Crippen LogP contribution in [0.1, 0.15) is 277 Å². The predicted octanol–water partition coefficient (Wildman–Crippen LogP) is 18.8. The van der Waals surface area contributed by atoms with Crippen molar-refractivity contribution in [2.45, 2.75) is 351 Å². The third kappa shape index (κ3) is 52.7. The topological polar surface area (TPSA) is 228 Å². The molecular formula is C89H145NO13. The lowest BCUT2D eigenvalue weighted by molar-refractivity contribution is -0.359. The Morgan fingerprint density at radius 1 is 0.359 bits per heavy atom. The van der Waals surface area contributed by atoms with Gasteiger partial charge < -0.3 is 65.1 Å². The predicted molar refractivity (Wildman–Crippen MR) is 428 cm³/mol. The van der Waals surface area contributed by atoms with Crippen LogP contribution in [0, 0.1) is 0 Å². The van der Waals surface area contributed by atoms with Crippen molar-refractivity contribution in [3.8, 4) is 0 Å². The summed E-state index contributed by atoms with van der Waals surface area (Å²) < 4.78 is 22.9. The van der Waals surface area contributed by atoms with E-state index in [0.29, 0.717) is 12.8 Å². The third-order valence-corrected chi connectivity index (χ3v) is 18.3. The summed E-state index contributed by atoms with van der Waals surface area (Å²) >= 11 is 0. The van der Waals surface area contributed by atoms with Crippen LogP contribution in [0.3, 0.4) is 0 Å². The number of unbranched alkanes of at least 4 members (excludes halogenated alkanes) is 24. The molecule has 0 aromatic rings. The molecule has 0 spiro atoms. The number of hydrogen-bond acceptors (Lipinski definition) is 13. The van der Waals surface area contributed by atoms with Gasteiger partial charge in [-0.15, -0.1) is 0 Å². The molecule has 103 heavy (non-hydrogen) atoms. The molecule has 2 fully saturated rings. The Bertz CT molecular complexity index is 2440. The zero-order valence-corrected chi connectivity index (χ0v) is 64.0. The highest BCUT2D eigenvalue weighted by atomic mass is 16.7. The highest BCUT2D eigenvalue weighted by Crippen LogP contribution is 2.30. The molecule has 12 atom stereocenters. The number of aliphatic hydroxyl groups excluding tert-OH is 8. The van der Waals surface area contributed by atoms with Crippen molar-refractivity contribution in [3.63, 3.8) is 0 Å². The lowest BCUT2D eigenvalue weighted by atomic mass is 9.97. The largest absolute Gasteiger partial charge is 0.394 e. The molecule has 2 saturated heterocycles. The summed E-state index contributed by atoms with van der Waals surface area (Å²) in [6.07, 6.45) is 93.9. The Kier molecular flexibility index (Phi) is 64.1. The Morgan fingerprint density at radius 3 is 1.07 bits per heavy atom. The molecule has 1 amide bonds. The number of carbonyl (C=O) groups is 1. The SMILES string of the molecule is CC/C=C\C/C=C\C/C=C\C/C=C\C/C=C\C/C=C\C/C=C\C/C=C\C/C=C\C/C=C\C/C=C\C/C=C\CCCCCCC(=O)NC(COC1OC(CO)C(OC2OC(CO)C(O)C(O)C2O)C(O)C1O)C(O)/C=C/CC/C=C/CC/C=C/CCCCCCCCCCCCCCCCCCCC. The van der Waals surface area contributed by atoms with Crippen molar-refractivity contribution in [2.24, 2.45) is 0 Å². The molecule has 0 aromatic carbocycles.